The van der Waals surface area contributed by atoms with Gasteiger partial charge in [-0.2, -0.15) is 0 Å². The molecule has 1 aliphatic rings. The predicted octanol–water partition coefficient (Wildman–Crippen LogP) is 2.35. The zero-order chi connectivity index (χ0) is 13.2. The normalized spacial score (nSPS) is 21.5. The van der Waals surface area contributed by atoms with Crippen molar-refractivity contribution in [3.63, 3.8) is 0 Å². The van der Waals surface area contributed by atoms with Crippen molar-refractivity contribution in [3.8, 4) is 0 Å². The largest absolute Gasteiger partial charge is 0.330 e. The van der Waals surface area contributed by atoms with Gasteiger partial charge in [0.25, 0.3) is 0 Å². The number of carbonyl (C=O) groups is 1. The first-order valence-electron chi connectivity index (χ1n) is 6.60. The van der Waals surface area contributed by atoms with E-state index in [-0.39, 0.29) is 17.5 Å². The topological polar surface area (TPSA) is 32.3 Å². The quantitative estimate of drug-likeness (QED) is 0.868. The molecule has 18 heavy (non-hydrogen) atoms. The number of carbonyl (C=O) groups excluding carboxylic acids is 1. The lowest BCUT2D eigenvalue weighted by Gasteiger charge is -2.41. The molecule has 1 aromatic rings. The highest BCUT2D eigenvalue weighted by Gasteiger charge is 2.36. The van der Waals surface area contributed by atoms with Crippen LogP contribution >= 0.6 is 0 Å². The summed E-state index contributed by atoms with van der Waals surface area (Å²) in [5, 5.41) is 3.34. The second-order valence-corrected chi connectivity index (χ2v) is 5.59. The smallest absolute Gasteiger partial charge is 0.224 e. The Bertz CT molecular complexity index is 414. The molecule has 1 atom stereocenters. The highest BCUT2D eigenvalue weighted by Crippen LogP contribution is 2.29. The number of hydrogen-bond donors (Lipinski definition) is 1. The van der Waals surface area contributed by atoms with Gasteiger partial charge in [0.05, 0.1) is 11.6 Å². The molecular formula is C15H22N2O. The van der Waals surface area contributed by atoms with E-state index >= 15 is 0 Å². The molecule has 0 radical (unpaired) electrons. The number of nitrogens with one attached hydrogen (secondary N) is 1. The van der Waals surface area contributed by atoms with Crippen LogP contribution in [0.3, 0.4) is 0 Å². The Hall–Kier alpha value is -1.35. The zero-order valence-electron chi connectivity index (χ0n) is 11.4. The van der Waals surface area contributed by atoms with E-state index in [0.29, 0.717) is 6.42 Å². The maximum absolute atomic E-state index is 12.3. The molecule has 0 bridgehead atoms. The third-order valence-corrected chi connectivity index (χ3v) is 3.66. The van der Waals surface area contributed by atoms with E-state index in [1.54, 1.807) is 0 Å². The molecule has 1 heterocycles. The van der Waals surface area contributed by atoms with Crippen molar-refractivity contribution in [1.82, 2.24) is 10.2 Å². The first kappa shape index (κ1) is 13.1. The summed E-state index contributed by atoms with van der Waals surface area (Å²) in [5.41, 5.74) is 1.05. The minimum Gasteiger partial charge on any atom is -0.330 e. The van der Waals surface area contributed by atoms with Gasteiger partial charge in [0.15, 0.2) is 0 Å². The lowest BCUT2D eigenvalue weighted by Crippen LogP contribution is -2.51. The van der Waals surface area contributed by atoms with E-state index in [0.717, 1.165) is 13.1 Å². The molecule has 0 aliphatic carbocycles. The lowest BCUT2D eigenvalue weighted by molar-refractivity contribution is -0.138. The molecule has 0 saturated carbocycles. The Morgan fingerprint density at radius 2 is 1.94 bits per heavy atom. The van der Waals surface area contributed by atoms with Crippen LogP contribution in [0.5, 0.6) is 0 Å². The van der Waals surface area contributed by atoms with Crippen LogP contribution in [-0.4, -0.2) is 29.4 Å². The van der Waals surface area contributed by atoms with Gasteiger partial charge in [0.1, 0.15) is 0 Å². The van der Waals surface area contributed by atoms with Gasteiger partial charge in [-0.15, -0.1) is 0 Å². The predicted molar refractivity (Wildman–Crippen MR) is 73.3 cm³/mol. The van der Waals surface area contributed by atoms with Crippen LogP contribution in [0.15, 0.2) is 30.3 Å². The van der Waals surface area contributed by atoms with Crippen LogP contribution in [0, 0.1) is 0 Å². The second-order valence-electron chi connectivity index (χ2n) is 5.59. The van der Waals surface area contributed by atoms with E-state index in [4.69, 9.17) is 0 Å². The third kappa shape index (κ3) is 2.56. The minimum absolute atomic E-state index is 0.119. The summed E-state index contributed by atoms with van der Waals surface area (Å²) in [7, 11) is 0. The van der Waals surface area contributed by atoms with E-state index in [9.17, 15) is 4.79 Å². The second kappa shape index (κ2) is 5.11. The summed E-state index contributed by atoms with van der Waals surface area (Å²) in [6.45, 7) is 7.99. The molecule has 1 saturated heterocycles. The molecule has 1 aromatic carbocycles. The average molecular weight is 246 g/mol. The number of benzene rings is 1. The highest BCUT2D eigenvalue weighted by molar-refractivity contribution is 5.78. The third-order valence-electron chi connectivity index (χ3n) is 3.66. The van der Waals surface area contributed by atoms with Crippen LogP contribution in [0.1, 0.15) is 38.8 Å². The van der Waals surface area contributed by atoms with Gasteiger partial charge in [0, 0.05) is 19.5 Å². The van der Waals surface area contributed by atoms with E-state index < -0.39 is 0 Å². The van der Waals surface area contributed by atoms with Gasteiger partial charge >= 0.3 is 0 Å². The van der Waals surface area contributed by atoms with Gasteiger partial charge in [-0.3, -0.25) is 4.79 Å². The van der Waals surface area contributed by atoms with Crippen molar-refractivity contribution in [2.24, 2.45) is 0 Å². The lowest BCUT2D eigenvalue weighted by atomic mass is 9.97. The summed E-state index contributed by atoms with van der Waals surface area (Å²) >= 11 is 0. The van der Waals surface area contributed by atoms with Crippen LogP contribution in [0.4, 0.5) is 0 Å². The van der Waals surface area contributed by atoms with Crippen LogP contribution in [0.2, 0.25) is 0 Å². The molecule has 0 spiro atoms. The molecule has 98 valence electrons. The number of nitrogens with zero attached hydrogens (tertiary/aromatic N) is 1. The van der Waals surface area contributed by atoms with Crippen molar-refractivity contribution >= 4 is 5.91 Å². The highest BCUT2D eigenvalue weighted by atomic mass is 16.2. The molecular weight excluding hydrogens is 224 g/mol. The summed E-state index contributed by atoms with van der Waals surface area (Å²) in [4.78, 5) is 14.4. The molecule has 1 fully saturated rings. The van der Waals surface area contributed by atoms with Crippen molar-refractivity contribution in [2.75, 3.05) is 13.1 Å². The van der Waals surface area contributed by atoms with Gasteiger partial charge in [-0.25, -0.2) is 0 Å². The Kier molecular flexibility index (Phi) is 3.71. The first-order chi connectivity index (χ1) is 8.52. The van der Waals surface area contributed by atoms with Gasteiger partial charge in [0.2, 0.25) is 5.91 Å². The number of hydrogen-bond acceptors (Lipinski definition) is 2. The van der Waals surface area contributed by atoms with E-state index in [1.165, 1.54) is 5.56 Å². The zero-order valence-corrected chi connectivity index (χ0v) is 11.4. The van der Waals surface area contributed by atoms with Crippen LogP contribution < -0.4 is 5.32 Å². The van der Waals surface area contributed by atoms with E-state index in [1.807, 2.05) is 23.1 Å². The molecule has 1 N–H and O–H groups in total. The Morgan fingerprint density at radius 1 is 1.28 bits per heavy atom. The standard InChI is InChI=1S/C15H22N2O/c1-12(13-7-5-4-6-8-13)17-14(18)9-10-16-11-15(17,2)3/h4-8,12,16H,9-11H2,1-3H3. The van der Waals surface area contributed by atoms with Crippen molar-refractivity contribution in [2.45, 2.75) is 38.8 Å². The fraction of sp³-hybridized carbons (Fsp3) is 0.533. The van der Waals surface area contributed by atoms with E-state index in [2.05, 4.69) is 38.2 Å². The summed E-state index contributed by atoms with van der Waals surface area (Å²) in [5.74, 6) is 0.237. The van der Waals surface area contributed by atoms with Crippen LogP contribution in [0.25, 0.3) is 0 Å². The maximum atomic E-state index is 12.3. The molecule has 0 aromatic heterocycles. The Morgan fingerprint density at radius 3 is 2.61 bits per heavy atom. The summed E-state index contributed by atoms with van der Waals surface area (Å²) in [6.07, 6.45) is 0.584. The average Bonchev–Trinajstić information content (AvgIpc) is 2.48. The molecule has 1 amide bonds. The monoisotopic (exact) mass is 246 g/mol. The van der Waals surface area contributed by atoms with Crippen molar-refractivity contribution in [1.29, 1.82) is 0 Å². The number of amides is 1. The Balaban J connectivity index is 2.30. The van der Waals surface area contributed by atoms with Gasteiger partial charge in [-0.1, -0.05) is 30.3 Å². The van der Waals surface area contributed by atoms with Gasteiger partial charge in [-0.05, 0) is 26.3 Å². The molecule has 3 nitrogen and oxygen atoms in total. The number of rotatable bonds is 2. The minimum atomic E-state index is -0.150. The molecule has 1 aliphatic heterocycles. The SMILES string of the molecule is CC(c1ccccc1)N1C(=O)CCNCC1(C)C. The summed E-state index contributed by atoms with van der Waals surface area (Å²) < 4.78 is 0. The first-order valence-corrected chi connectivity index (χ1v) is 6.60. The van der Waals surface area contributed by atoms with Crippen molar-refractivity contribution < 1.29 is 4.79 Å². The Labute approximate surface area is 109 Å². The molecule has 2 rings (SSSR count). The van der Waals surface area contributed by atoms with Crippen LogP contribution in [-0.2, 0) is 4.79 Å². The fourth-order valence-electron chi connectivity index (χ4n) is 2.75. The van der Waals surface area contributed by atoms with Gasteiger partial charge < -0.3 is 10.2 Å². The molecule has 1 unspecified atom stereocenters. The fourth-order valence-corrected chi connectivity index (χ4v) is 2.75. The maximum Gasteiger partial charge on any atom is 0.224 e. The molecule has 3 heteroatoms. The summed E-state index contributed by atoms with van der Waals surface area (Å²) in [6, 6.07) is 10.4. The van der Waals surface area contributed by atoms with Crippen molar-refractivity contribution in [3.05, 3.63) is 35.9 Å².